The predicted molar refractivity (Wildman–Crippen MR) is 70.3 cm³/mol. The quantitative estimate of drug-likeness (QED) is 0.876. The molecule has 3 unspecified atom stereocenters. The van der Waals surface area contributed by atoms with Gasteiger partial charge in [0, 0.05) is 6.04 Å². The van der Waals surface area contributed by atoms with E-state index >= 15 is 0 Å². The van der Waals surface area contributed by atoms with Crippen LogP contribution >= 0.6 is 11.8 Å². The lowest BCUT2D eigenvalue weighted by Gasteiger charge is -2.18. The van der Waals surface area contributed by atoms with Gasteiger partial charge >= 0.3 is 0 Å². The Hall–Kier alpha value is -0.550. The van der Waals surface area contributed by atoms with Crippen LogP contribution < -0.4 is 5.32 Å². The fourth-order valence-electron chi connectivity index (χ4n) is 2.32. The number of thioether (sulfide) groups is 1. The summed E-state index contributed by atoms with van der Waals surface area (Å²) in [5, 5.41) is 7.88. The lowest BCUT2D eigenvalue weighted by molar-refractivity contribution is 0.323. The first-order valence-corrected chi connectivity index (χ1v) is 7.43. The Morgan fingerprint density at radius 2 is 2.41 bits per heavy atom. The van der Waals surface area contributed by atoms with Crippen LogP contribution in [0.4, 0.5) is 0 Å². The van der Waals surface area contributed by atoms with Crippen molar-refractivity contribution in [3.05, 3.63) is 11.7 Å². The Labute approximate surface area is 107 Å². The molecule has 0 spiro atoms. The first kappa shape index (κ1) is 12.9. The second-order valence-electron chi connectivity index (χ2n) is 4.58. The normalized spacial score (nSPS) is 23.8. The molecule has 0 saturated carbocycles. The summed E-state index contributed by atoms with van der Waals surface area (Å²) in [4.78, 5) is 4.57. The van der Waals surface area contributed by atoms with Crippen LogP contribution in [0.25, 0.3) is 0 Å². The standard InChI is InChI=1S/C12H21N3OS/c1-4-9(13-3)8(2)12-14-11(15-16-12)10-6-5-7-17-10/h8-10,13H,4-7H2,1-3H3. The van der Waals surface area contributed by atoms with E-state index in [1.165, 1.54) is 18.6 Å². The van der Waals surface area contributed by atoms with Crippen molar-refractivity contribution in [3.8, 4) is 0 Å². The van der Waals surface area contributed by atoms with Crippen molar-refractivity contribution in [3.63, 3.8) is 0 Å². The van der Waals surface area contributed by atoms with E-state index in [0.29, 0.717) is 11.3 Å². The van der Waals surface area contributed by atoms with Crippen molar-refractivity contribution in [1.82, 2.24) is 15.5 Å². The minimum atomic E-state index is 0.276. The topological polar surface area (TPSA) is 51.0 Å². The van der Waals surface area contributed by atoms with E-state index in [-0.39, 0.29) is 5.92 Å². The molecule has 3 atom stereocenters. The minimum Gasteiger partial charge on any atom is -0.339 e. The largest absolute Gasteiger partial charge is 0.339 e. The van der Waals surface area contributed by atoms with Gasteiger partial charge in [0.05, 0.1) is 11.2 Å². The molecule has 5 heteroatoms. The molecule has 0 radical (unpaired) electrons. The van der Waals surface area contributed by atoms with Crippen LogP contribution in [0, 0.1) is 0 Å². The number of aromatic nitrogens is 2. The second-order valence-corrected chi connectivity index (χ2v) is 5.90. The fraction of sp³-hybridized carbons (Fsp3) is 0.833. The number of nitrogens with zero attached hydrogens (tertiary/aromatic N) is 2. The zero-order valence-corrected chi connectivity index (χ0v) is 11.6. The monoisotopic (exact) mass is 255 g/mol. The summed E-state index contributed by atoms with van der Waals surface area (Å²) >= 11 is 1.94. The van der Waals surface area contributed by atoms with Gasteiger partial charge in [-0.2, -0.15) is 16.7 Å². The number of hydrogen-bond donors (Lipinski definition) is 1. The van der Waals surface area contributed by atoms with Gasteiger partial charge in [0.1, 0.15) is 0 Å². The van der Waals surface area contributed by atoms with E-state index in [1.54, 1.807) is 0 Å². The molecule has 0 aromatic carbocycles. The Bertz CT molecular complexity index is 345. The second kappa shape index (κ2) is 5.87. The third-order valence-corrected chi connectivity index (χ3v) is 4.85. The van der Waals surface area contributed by atoms with Crippen LogP contribution in [0.1, 0.15) is 56.0 Å². The molecule has 1 N–H and O–H groups in total. The molecule has 1 aliphatic heterocycles. The molecule has 17 heavy (non-hydrogen) atoms. The van der Waals surface area contributed by atoms with Crippen LogP contribution in [0.5, 0.6) is 0 Å². The third-order valence-electron chi connectivity index (χ3n) is 3.48. The average Bonchev–Trinajstić information content (AvgIpc) is 3.01. The van der Waals surface area contributed by atoms with Gasteiger partial charge in [-0.15, -0.1) is 0 Å². The van der Waals surface area contributed by atoms with Gasteiger partial charge in [-0.05, 0) is 32.1 Å². The Morgan fingerprint density at radius 3 is 3.00 bits per heavy atom. The summed E-state index contributed by atoms with van der Waals surface area (Å²) in [6.45, 7) is 4.31. The smallest absolute Gasteiger partial charge is 0.231 e. The number of hydrogen-bond acceptors (Lipinski definition) is 5. The summed E-state index contributed by atoms with van der Waals surface area (Å²) in [7, 11) is 1.98. The minimum absolute atomic E-state index is 0.276. The maximum Gasteiger partial charge on any atom is 0.231 e. The van der Waals surface area contributed by atoms with Crippen molar-refractivity contribution < 1.29 is 4.52 Å². The molecular weight excluding hydrogens is 234 g/mol. The third kappa shape index (κ3) is 2.83. The van der Waals surface area contributed by atoms with Crippen molar-refractivity contribution in [2.45, 2.75) is 50.3 Å². The van der Waals surface area contributed by atoms with Gasteiger partial charge in [-0.3, -0.25) is 0 Å². The highest BCUT2D eigenvalue weighted by atomic mass is 32.2. The zero-order chi connectivity index (χ0) is 12.3. The molecule has 1 fully saturated rings. The molecular formula is C12H21N3OS. The first-order chi connectivity index (χ1) is 8.26. The van der Waals surface area contributed by atoms with Gasteiger partial charge in [0.15, 0.2) is 5.82 Å². The first-order valence-electron chi connectivity index (χ1n) is 6.38. The van der Waals surface area contributed by atoms with E-state index < -0.39 is 0 Å². The molecule has 1 saturated heterocycles. The van der Waals surface area contributed by atoms with Crippen molar-refractivity contribution in [2.75, 3.05) is 12.8 Å². The number of rotatable bonds is 5. The summed E-state index contributed by atoms with van der Waals surface area (Å²) in [6, 6.07) is 0.402. The maximum atomic E-state index is 5.41. The molecule has 2 rings (SSSR count). The maximum absolute atomic E-state index is 5.41. The van der Waals surface area contributed by atoms with E-state index in [1.807, 2.05) is 18.8 Å². The summed E-state index contributed by atoms with van der Waals surface area (Å²) in [5.41, 5.74) is 0. The Morgan fingerprint density at radius 1 is 1.59 bits per heavy atom. The molecule has 0 amide bonds. The van der Waals surface area contributed by atoms with Crippen LogP contribution in [-0.2, 0) is 0 Å². The molecule has 1 aliphatic rings. The van der Waals surface area contributed by atoms with E-state index in [9.17, 15) is 0 Å². The Balaban J connectivity index is 2.06. The van der Waals surface area contributed by atoms with E-state index in [0.717, 1.165) is 18.1 Å². The van der Waals surface area contributed by atoms with Crippen molar-refractivity contribution >= 4 is 11.8 Å². The Kier molecular flexibility index (Phi) is 4.45. The highest BCUT2D eigenvalue weighted by Crippen LogP contribution is 2.38. The summed E-state index contributed by atoms with van der Waals surface area (Å²) in [6.07, 6.45) is 3.51. The fourth-order valence-corrected chi connectivity index (χ4v) is 3.52. The van der Waals surface area contributed by atoms with Gasteiger partial charge in [0.2, 0.25) is 5.89 Å². The zero-order valence-electron chi connectivity index (χ0n) is 10.8. The molecule has 0 bridgehead atoms. The van der Waals surface area contributed by atoms with Crippen molar-refractivity contribution in [1.29, 1.82) is 0 Å². The van der Waals surface area contributed by atoms with Crippen LogP contribution in [0.15, 0.2) is 4.52 Å². The van der Waals surface area contributed by atoms with E-state index in [4.69, 9.17) is 4.52 Å². The molecule has 1 aromatic rings. The molecule has 0 aliphatic carbocycles. The summed E-state index contributed by atoms with van der Waals surface area (Å²) in [5.74, 6) is 3.16. The van der Waals surface area contributed by atoms with Crippen LogP contribution in [0.3, 0.4) is 0 Å². The van der Waals surface area contributed by atoms with Crippen molar-refractivity contribution in [2.24, 2.45) is 0 Å². The molecule has 96 valence electrons. The van der Waals surface area contributed by atoms with E-state index in [2.05, 4.69) is 29.3 Å². The number of nitrogens with one attached hydrogen (secondary N) is 1. The van der Waals surface area contributed by atoms with Gasteiger partial charge < -0.3 is 9.84 Å². The van der Waals surface area contributed by atoms with Gasteiger partial charge in [-0.1, -0.05) is 19.0 Å². The lowest BCUT2D eigenvalue weighted by atomic mass is 10.00. The van der Waals surface area contributed by atoms with Crippen LogP contribution in [-0.4, -0.2) is 29.0 Å². The van der Waals surface area contributed by atoms with Gasteiger partial charge in [-0.25, -0.2) is 0 Å². The number of likely N-dealkylation sites (N-methyl/N-ethyl adjacent to an activating group) is 1. The van der Waals surface area contributed by atoms with Crippen LogP contribution in [0.2, 0.25) is 0 Å². The molecule has 4 nitrogen and oxygen atoms in total. The molecule has 2 heterocycles. The predicted octanol–water partition coefficient (Wildman–Crippen LogP) is 2.74. The summed E-state index contributed by atoms with van der Waals surface area (Å²) < 4.78 is 5.41. The molecule has 1 aromatic heterocycles. The van der Waals surface area contributed by atoms with Gasteiger partial charge in [0.25, 0.3) is 0 Å². The lowest BCUT2D eigenvalue weighted by Crippen LogP contribution is -2.30. The highest BCUT2D eigenvalue weighted by Gasteiger charge is 2.26. The highest BCUT2D eigenvalue weighted by molar-refractivity contribution is 7.99. The SMILES string of the molecule is CCC(NC)C(C)c1nc(C2CCCS2)no1. The average molecular weight is 255 g/mol.